The van der Waals surface area contributed by atoms with Crippen LogP contribution in [0.1, 0.15) is 51.9 Å². The molecule has 0 aromatic rings. The summed E-state index contributed by atoms with van der Waals surface area (Å²) >= 11 is 0. The van der Waals surface area contributed by atoms with Gasteiger partial charge < -0.3 is 0 Å². The molecule has 0 heterocycles. The van der Waals surface area contributed by atoms with E-state index in [1.807, 2.05) is 32.1 Å². The van der Waals surface area contributed by atoms with Crippen molar-refractivity contribution < 1.29 is 17.1 Å². The van der Waals surface area contributed by atoms with Gasteiger partial charge in [-0.1, -0.05) is 45.4 Å². The molecule has 2 aliphatic carbocycles. The molecule has 0 atom stereocenters. The molecule has 2 saturated carbocycles. The molecule has 0 aromatic heterocycles. The summed E-state index contributed by atoms with van der Waals surface area (Å²) in [5, 5.41) is 0. The van der Waals surface area contributed by atoms with Crippen LogP contribution >= 0.6 is 0 Å². The van der Waals surface area contributed by atoms with Gasteiger partial charge in [0.25, 0.3) is 0 Å². The van der Waals surface area contributed by atoms with Crippen LogP contribution in [0.5, 0.6) is 0 Å². The van der Waals surface area contributed by atoms with E-state index < -0.39 is 0 Å². The fraction of sp³-hybridized carbons (Fsp3) is 0.444. The van der Waals surface area contributed by atoms with Crippen molar-refractivity contribution in [1.29, 1.82) is 0 Å². The Bertz CT molecular complexity index is 149. The Kier molecular flexibility index (Phi) is 15.3. The number of hydrogen-bond acceptors (Lipinski definition) is 0. The zero-order chi connectivity index (χ0) is 12.9. The summed E-state index contributed by atoms with van der Waals surface area (Å²) < 4.78 is 0. The fourth-order valence-corrected chi connectivity index (χ4v) is 2.01. The number of rotatable bonds is 7. The van der Waals surface area contributed by atoms with Crippen molar-refractivity contribution in [3.8, 4) is 0 Å². The van der Waals surface area contributed by atoms with Crippen molar-refractivity contribution in [3.63, 3.8) is 0 Å². The summed E-state index contributed by atoms with van der Waals surface area (Å²) in [5.41, 5.74) is 0. The van der Waals surface area contributed by atoms with Crippen LogP contribution < -0.4 is 0 Å². The van der Waals surface area contributed by atoms with E-state index in [0.29, 0.717) is 0 Å². The van der Waals surface area contributed by atoms with Crippen LogP contribution in [0.4, 0.5) is 0 Å². The summed E-state index contributed by atoms with van der Waals surface area (Å²) in [5.74, 6) is 1.51. The molecule has 0 unspecified atom stereocenters. The van der Waals surface area contributed by atoms with Crippen molar-refractivity contribution in [1.82, 2.24) is 0 Å². The van der Waals surface area contributed by atoms with Crippen LogP contribution in [0.15, 0.2) is 0 Å². The van der Waals surface area contributed by atoms with Gasteiger partial charge in [-0.05, 0) is 70.1 Å². The van der Waals surface area contributed by atoms with E-state index in [9.17, 15) is 0 Å². The van der Waals surface area contributed by atoms with Gasteiger partial charge in [0.05, 0.1) is 0 Å². The molecule has 106 valence electrons. The Balaban J connectivity index is 0.000000454. The van der Waals surface area contributed by atoms with Crippen molar-refractivity contribution >= 4 is 0 Å². The first-order valence-corrected chi connectivity index (χ1v) is 7.30. The van der Waals surface area contributed by atoms with Gasteiger partial charge in [0.2, 0.25) is 0 Å². The molecular weight excluding hydrogens is 272 g/mol. The maximum atomic E-state index is 2.27. The second kappa shape index (κ2) is 14.9. The predicted molar refractivity (Wildman–Crippen MR) is 79.9 cm³/mol. The second-order valence-electron chi connectivity index (χ2n) is 4.77. The van der Waals surface area contributed by atoms with Crippen molar-refractivity contribution in [2.24, 2.45) is 0 Å². The first-order valence-electron chi connectivity index (χ1n) is 7.30. The molecule has 0 spiro atoms. The Morgan fingerprint density at radius 3 is 1.63 bits per heavy atom. The van der Waals surface area contributed by atoms with Gasteiger partial charge >= 0.3 is 0 Å². The molecule has 19 heavy (non-hydrogen) atoms. The van der Waals surface area contributed by atoms with E-state index in [-0.39, 0.29) is 17.1 Å². The third-order valence-corrected chi connectivity index (χ3v) is 3.11. The van der Waals surface area contributed by atoms with Gasteiger partial charge in [-0.3, -0.25) is 0 Å². The maximum absolute atomic E-state index is 2.27. The van der Waals surface area contributed by atoms with Gasteiger partial charge in [-0.2, -0.15) is 0 Å². The van der Waals surface area contributed by atoms with Crippen LogP contribution in [0.2, 0.25) is 0 Å². The van der Waals surface area contributed by atoms with Crippen LogP contribution in [0, 0.1) is 63.7 Å². The summed E-state index contributed by atoms with van der Waals surface area (Å²) in [6.45, 7) is 2.27. The van der Waals surface area contributed by atoms with Gasteiger partial charge in [0, 0.05) is 17.1 Å². The van der Waals surface area contributed by atoms with Crippen molar-refractivity contribution in [2.75, 3.05) is 0 Å². The van der Waals surface area contributed by atoms with E-state index >= 15 is 0 Å². The smallest absolute Gasteiger partial charge is 0 e. The standard InChI is InChI=1S/C13H21.C5H5.Fe/c1-2-3-4-5-6-7-10-13-11-8-9-12-13;1-2-4-5-3-1;/h8-9,11-12H,2-7,10H2,1H3;1-5H;. The summed E-state index contributed by atoms with van der Waals surface area (Å²) in [7, 11) is 0. The third-order valence-electron chi connectivity index (χ3n) is 3.11. The average molecular weight is 298 g/mol. The molecule has 0 N–H and O–H groups in total. The summed E-state index contributed by atoms with van der Waals surface area (Å²) in [4.78, 5) is 0. The fourth-order valence-electron chi connectivity index (χ4n) is 2.01. The van der Waals surface area contributed by atoms with Crippen LogP contribution in [0.25, 0.3) is 0 Å². The molecule has 10 radical (unpaired) electrons. The zero-order valence-corrected chi connectivity index (χ0v) is 13.1. The molecule has 0 saturated heterocycles. The Labute approximate surface area is 133 Å². The molecule has 0 nitrogen and oxygen atoms in total. The Morgan fingerprint density at radius 1 is 0.632 bits per heavy atom. The van der Waals surface area contributed by atoms with E-state index in [4.69, 9.17) is 0 Å². The minimum absolute atomic E-state index is 0. The zero-order valence-electron chi connectivity index (χ0n) is 12.0. The van der Waals surface area contributed by atoms with Crippen molar-refractivity contribution in [3.05, 3.63) is 63.7 Å². The van der Waals surface area contributed by atoms with Gasteiger partial charge in [0.1, 0.15) is 0 Å². The van der Waals surface area contributed by atoms with Crippen molar-refractivity contribution in [2.45, 2.75) is 51.9 Å². The summed E-state index contributed by atoms with van der Waals surface area (Å²) in [6.07, 6.45) is 28.4. The number of hydrogen-bond donors (Lipinski definition) is 0. The predicted octanol–water partition coefficient (Wildman–Crippen LogP) is 5.16. The molecule has 2 aliphatic rings. The van der Waals surface area contributed by atoms with E-state index in [1.165, 1.54) is 50.9 Å². The van der Waals surface area contributed by atoms with Gasteiger partial charge in [-0.15, -0.1) is 0 Å². The molecule has 0 amide bonds. The first-order chi connectivity index (χ1) is 8.93. The average Bonchev–Trinajstić information content (AvgIpc) is 3.07. The van der Waals surface area contributed by atoms with Gasteiger partial charge in [0.15, 0.2) is 0 Å². The molecular formula is C18H26Fe. The molecule has 2 rings (SSSR count). The number of unbranched alkanes of at least 4 members (excludes halogenated alkanes) is 5. The van der Waals surface area contributed by atoms with E-state index in [0.717, 1.165) is 0 Å². The third kappa shape index (κ3) is 12.0. The molecule has 0 aromatic carbocycles. The monoisotopic (exact) mass is 298 g/mol. The van der Waals surface area contributed by atoms with E-state index in [2.05, 4.69) is 32.6 Å². The quantitative estimate of drug-likeness (QED) is 0.450. The van der Waals surface area contributed by atoms with Crippen LogP contribution in [-0.4, -0.2) is 0 Å². The maximum Gasteiger partial charge on any atom is 0 e. The molecule has 1 heteroatoms. The normalized spacial score (nSPS) is 18.8. The van der Waals surface area contributed by atoms with Crippen LogP contribution in [-0.2, 0) is 17.1 Å². The first kappa shape index (κ1) is 19.5. The Morgan fingerprint density at radius 2 is 1.11 bits per heavy atom. The largest absolute Gasteiger partial charge is 0.0654 e. The Hall–Kier alpha value is 0.519. The molecule has 2 fully saturated rings. The topological polar surface area (TPSA) is 0 Å². The van der Waals surface area contributed by atoms with Gasteiger partial charge in [-0.25, -0.2) is 0 Å². The SMILES string of the molecule is CCCCCCCC[C]1[CH][CH][CH][CH]1.[CH]1[CH][CH][CH][CH]1.[Fe]. The summed E-state index contributed by atoms with van der Waals surface area (Å²) in [6, 6.07) is 0. The minimum atomic E-state index is 0. The van der Waals surface area contributed by atoms with Crippen LogP contribution in [0.3, 0.4) is 0 Å². The minimum Gasteiger partial charge on any atom is -0.0654 e. The molecule has 0 bridgehead atoms. The van der Waals surface area contributed by atoms with E-state index in [1.54, 1.807) is 0 Å². The second-order valence-corrected chi connectivity index (χ2v) is 4.77. The molecule has 0 aliphatic heterocycles.